The summed E-state index contributed by atoms with van der Waals surface area (Å²) in [5, 5.41) is -3.25. The van der Waals surface area contributed by atoms with E-state index in [1.165, 1.54) is 6.92 Å². The van der Waals surface area contributed by atoms with Crippen molar-refractivity contribution in [3.8, 4) is 0 Å². The monoisotopic (exact) mass is 522 g/mol. The van der Waals surface area contributed by atoms with Crippen molar-refractivity contribution in [3.05, 3.63) is 0 Å². The van der Waals surface area contributed by atoms with Gasteiger partial charge < -0.3 is 0 Å². The lowest BCUT2D eigenvalue weighted by atomic mass is 9.87. The van der Waals surface area contributed by atoms with Crippen molar-refractivity contribution in [2.24, 2.45) is 0 Å². The summed E-state index contributed by atoms with van der Waals surface area (Å²) in [4.78, 5) is 0. The van der Waals surface area contributed by atoms with Gasteiger partial charge in [-0.3, -0.25) is 0 Å². The summed E-state index contributed by atoms with van der Waals surface area (Å²) in [6.07, 6.45) is -9.54. The van der Waals surface area contributed by atoms with Crippen LogP contribution in [-0.2, 0) is 0 Å². The Hall–Kier alpha value is -0.840. The summed E-state index contributed by atoms with van der Waals surface area (Å²) >= 11 is 2.77. The smallest absolute Gasteiger partial charge is 0.198 e. The number of unbranched alkanes of at least 4 members (excludes halogenated alkanes) is 1. The normalized spacial score (nSPS) is 17.1. The van der Waals surface area contributed by atoms with Gasteiger partial charge in [-0.1, -0.05) is 19.8 Å². The minimum atomic E-state index is -8.60. The SMILES string of the molecule is CCCCC(S)C(F)(F)C(F)(F)C(F)(F)C(F)(F)C(F)(F)C(F)(F)C(F)(F)C(F)(F)F. The van der Waals surface area contributed by atoms with Gasteiger partial charge in [0.2, 0.25) is 0 Å². The fraction of sp³-hybridized carbons (Fsp3) is 1.00. The van der Waals surface area contributed by atoms with E-state index in [9.17, 15) is 74.6 Å². The molecule has 0 aromatic carbocycles. The van der Waals surface area contributed by atoms with E-state index in [0.717, 1.165) is 0 Å². The number of alkyl halides is 17. The predicted molar refractivity (Wildman–Crippen MR) is 73.0 cm³/mol. The Morgan fingerprint density at radius 2 is 0.806 bits per heavy atom. The fourth-order valence-electron chi connectivity index (χ4n) is 1.96. The summed E-state index contributed by atoms with van der Waals surface area (Å²) in [6, 6.07) is 0. The maximum Gasteiger partial charge on any atom is 0.460 e. The average molecular weight is 522 g/mol. The van der Waals surface area contributed by atoms with Crippen molar-refractivity contribution in [3.63, 3.8) is 0 Å². The van der Waals surface area contributed by atoms with Crippen molar-refractivity contribution in [1.82, 2.24) is 0 Å². The van der Waals surface area contributed by atoms with E-state index in [-0.39, 0.29) is 6.42 Å². The number of halogens is 17. The first kappa shape index (κ1) is 30.2. The van der Waals surface area contributed by atoms with Crippen LogP contribution in [0.5, 0.6) is 0 Å². The van der Waals surface area contributed by atoms with E-state index < -0.39 is 65.7 Å². The van der Waals surface area contributed by atoms with E-state index in [4.69, 9.17) is 0 Å². The van der Waals surface area contributed by atoms with Crippen LogP contribution in [-0.4, -0.2) is 52.9 Å². The van der Waals surface area contributed by atoms with Gasteiger partial charge in [0.15, 0.2) is 0 Å². The zero-order valence-corrected chi connectivity index (χ0v) is 15.5. The van der Waals surface area contributed by atoms with Gasteiger partial charge in [-0.2, -0.15) is 87.3 Å². The molecule has 0 amide bonds. The molecule has 0 aromatic heterocycles. The highest BCUT2D eigenvalue weighted by Crippen LogP contribution is 2.64. The van der Waals surface area contributed by atoms with Gasteiger partial charge in [-0.15, -0.1) is 0 Å². The largest absolute Gasteiger partial charge is 0.460 e. The molecule has 0 aliphatic carbocycles. The third-order valence-electron chi connectivity index (χ3n) is 4.00. The van der Waals surface area contributed by atoms with Crippen LogP contribution in [0.2, 0.25) is 0 Å². The molecule has 0 aliphatic heterocycles. The zero-order valence-electron chi connectivity index (χ0n) is 14.6. The Morgan fingerprint density at radius 1 is 0.516 bits per heavy atom. The zero-order chi connectivity index (χ0) is 25.7. The molecule has 0 aliphatic rings. The third-order valence-corrected chi connectivity index (χ3v) is 4.58. The Bertz CT molecular complexity index is 620. The van der Waals surface area contributed by atoms with Gasteiger partial charge in [0.05, 0.1) is 5.25 Å². The van der Waals surface area contributed by atoms with Gasteiger partial charge in [0.25, 0.3) is 0 Å². The Labute approximate surface area is 167 Å². The molecule has 0 spiro atoms. The van der Waals surface area contributed by atoms with Crippen molar-refractivity contribution < 1.29 is 74.6 Å². The van der Waals surface area contributed by atoms with Crippen molar-refractivity contribution in [2.75, 3.05) is 0 Å². The molecule has 0 N–H and O–H groups in total. The summed E-state index contributed by atoms with van der Waals surface area (Å²) in [7, 11) is 0. The van der Waals surface area contributed by atoms with Crippen molar-refractivity contribution >= 4 is 12.6 Å². The van der Waals surface area contributed by atoms with E-state index in [1.54, 1.807) is 0 Å². The summed E-state index contributed by atoms with van der Waals surface area (Å²) < 4.78 is 222. The third kappa shape index (κ3) is 4.13. The molecule has 0 bridgehead atoms. The van der Waals surface area contributed by atoms with Crippen LogP contribution in [0, 0.1) is 0 Å². The number of rotatable bonds is 10. The highest BCUT2D eigenvalue weighted by molar-refractivity contribution is 7.81. The van der Waals surface area contributed by atoms with Crippen molar-refractivity contribution in [1.29, 1.82) is 0 Å². The standard InChI is InChI=1S/C13H11F17S/c1-2-3-4-5(31)6(14,15)7(16,17)8(18,19)9(20,21)10(22,23)11(24,25)12(26,27)13(28,29)30/h5,31H,2-4H2,1H3. The number of hydrogen-bond acceptors (Lipinski definition) is 1. The van der Waals surface area contributed by atoms with Crippen LogP contribution in [0.15, 0.2) is 0 Å². The molecule has 18 heteroatoms. The molecule has 1 unspecified atom stereocenters. The maximum absolute atomic E-state index is 13.7. The lowest BCUT2D eigenvalue weighted by Gasteiger charge is -2.43. The van der Waals surface area contributed by atoms with Crippen LogP contribution in [0.4, 0.5) is 74.6 Å². The van der Waals surface area contributed by atoms with Crippen LogP contribution < -0.4 is 0 Å². The van der Waals surface area contributed by atoms with Crippen LogP contribution >= 0.6 is 12.6 Å². The molecule has 0 fully saturated rings. The highest BCUT2D eigenvalue weighted by atomic mass is 32.1. The first-order chi connectivity index (χ1) is 13.2. The lowest BCUT2D eigenvalue weighted by molar-refractivity contribution is -0.461. The molecule has 0 saturated heterocycles. The van der Waals surface area contributed by atoms with Crippen LogP contribution in [0.3, 0.4) is 0 Å². The Balaban J connectivity index is 6.63. The summed E-state index contributed by atoms with van der Waals surface area (Å²) in [5.41, 5.74) is 0. The van der Waals surface area contributed by atoms with Crippen LogP contribution in [0.25, 0.3) is 0 Å². The van der Waals surface area contributed by atoms with E-state index in [2.05, 4.69) is 12.6 Å². The second-order valence-corrected chi connectivity index (χ2v) is 6.85. The summed E-state index contributed by atoms with van der Waals surface area (Å²) in [6.45, 7) is 1.24. The lowest BCUT2D eigenvalue weighted by Crippen LogP contribution is -2.75. The minimum absolute atomic E-state index is 0.0813. The first-order valence-corrected chi connectivity index (χ1v) is 8.14. The van der Waals surface area contributed by atoms with Gasteiger partial charge in [0, 0.05) is 0 Å². The van der Waals surface area contributed by atoms with Gasteiger partial charge >= 0.3 is 47.6 Å². The van der Waals surface area contributed by atoms with E-state index in [0.29, 0.717) is 0 Å². The predicted octanol–water partition coefficient (Wildman–Crippen LogP) is 7.48. The Morgan fingerprint density at radius 3 is 1.10 bits per heavy atom. The van der Waals surface area contributed by atoms with Gasteiger partial charge in [-0.25, -0.2) is 0 Å². The van der Waals surface area contributed by atoms with E-state index in [1.807, 2.05) is 0 Å². The molecular weight excluding hydrogens is 511 g/mol. The molecule has 1 atom stereocenters. The van der Waals surface area contributed by atoms with Gasteiger partial charge in [0.1, 0.15) is 0 Å². The number of thiol groups is 1. The van der Waals surface area contributed by atoms with E-state index >= 15 is 0 Å². The Kier molecular flexibility index (Phi) is 7.96. The van der Waals surface area contributed by atoms with Gasteiger partial charge in [-0.05, 0) is 6.42 Å². The molecular formula is C13H11F17S. The summed E-state index contributed by atoms with van der Waals surface area (Å²) in [5.74, 6) is -56.1. The average Bonchev–Trinajstić information content (AvgIpc) is 2.57. The molecule has 188 valence electrons. The van der Waals surface area contributed by atoms with Crippen LogP contribution in [0.1, 0.15) is 26.2 Å². The first-order valence-electron chi connectivity index (χ1n) is 7.62. The maximum atomic E-state index is 13.7. The molecule has 0 radical (unpaired) electrons. The second-order valence-electron chi connectivity index (χ2n) is 6.23. The second kappa shape index (κ2) is 8.18. The van der Waals surface area contributed by atoms with Crippen molar-refractivity contribution in [2.45, 2.75) is 79.1 Å². The topological polar surface area (TPSA) is 0 Å². The molecule has 0 nitrogen and oxygen atoms in total. The molecule has 0 aromatic rings. The minimum Gasteiger partial charge on any atom is -0.198 e. The fourth-order valence-corrected chi connectivity index (χ4v) is 2.31. The molecule has 0 rings (SSSR count). The molecule has 0 saturated carbocycles. The number of hydrogen-bond donors (Lipinski definition) is 1. The highest BCUT2D eigenvalue weighted by Gasteiger charge is 2.95. The molecule has 0 heterocycles. The molecule has 31 heavy (non-hydrogen) atoms. The quantitative estimate of drug-likeness (QED) is 0.223.